The lowest BCUT2D eigenvalue weighted by Crippen LogP contribution is -2.50. The number of hydrogen-bond acceptors (Lipinski definition) is 4. The molecule has 0 aliphatic carbocycles. The van der Waals surface area contributed by atoms with Crippen molar-refractivity contribution in [3.63, 3.8) is 0 Å². The number of carbonyl (C=O) groups excluding carboxylic acids is 1. The van der Waals surface area contributed by atoms with Gasteiger partial charge >= 0.3 is 6.18 Å². The van der Waals surface area contributed by atoms with E-state index in [0.29, 0.717) is 0 Å². The summed E-state index contributed by atoms with van der Waals surface area (Å²) in [5.41, 5.74) is -0.0289. The molecule has 1 aromatic heterocycles. The minimum Gasteiger partial charge on any atom is -0.335 e. The van der Waals surface area contributed by atoms with Gasteiger partial charge in [-0.15, -0.1) is 0 Å². The summed E-state index contributed by atoms with van der Waals surface area (Å²) in [6.07, 6.45) is -4.53. The number of aromatic nitrogens is 2. The molecule has 1 aliphatic heterocycles. The Hall–Kier alpha value is -2.40. The molecule has 7 nitrogen and oxygen atoms in total. The van der Waals surface area contributed by atoms with Crippen molar-refractivity contribution < 1.29 is 26.4 Å². The van der Waals surface area contributed by atoms with Crippen molar-refractivity contribution >= 4 is 15.9 Å². The number of halogens is 3. The van der Waals surface area contributed by atoms with E-state index >= 15 is 0 Å². The molecule has 3 rings (SSSR count). The summed E-state index contributed by atoms with van der Waals surface area (Å²) in [6.45, 7) is 6.38. The molecule has 0 saturated carbocycles. The number of rotatable bonds is 3. The Morgan fingerprint density at radius 1 is 1.03 bits per heavy atom. The topological polar surface area (TPSA) is 86.4 Å². The second-order valence-corrected chi connectivity index (χ2v) is 10.1. The normalized spacial score (nSPS) is 16.7. The summed E-state index contributed by atoms with van der Waals surface area (Å²) in [6, 6.07) is 5.09. The molecule has 1 aromatic carbocycles. The average molecular weight is 444 g/mol. The van der Waals surface area contributed by atoms with Crippen LogP contribution in [0.5, 0.6) is 0 Å². The van der Waals surface area contributed by atoms with Crippen LogP contribution in [0.2, 0.25) is 0 Å². The van der Waals surface area contributed by atoms with Gasteiger partial charge in [-0.05, 0) is 30.3 Å². The molecule has 30 heavy (non-hydrogen) atoms. The van der Waals surface area contributed by atoms with Gasteiger partial charge in [0, 0.05) is 37.3 Å². The van der Waals surface area contributed by atoms with Crippen LogP contribution in [0.15, 0.2) is 35.2 Å². The van der Waals surface area contributed by atoms with E-state index in [0.717, 1.165) is 30.0 Å². The number of nitrogens with zero attached hydrogens (tertiary/aromatic N) is 3. The largest absolute Gasteiger partial charge is 0.416 e. The number of alkyl halides is 3. The van der Waals surface area contributed by atoms with E-state index < -0.39 is 21.8 Å². The van der Waals surface area contributed by atoms with Crippen molar-refractivity contribution in [1.82, 2.24) is 19.4 Å². The highest BCUT2D eigenvalue weighted by Crippen LogP contribution is 2.30. The monoisotopic (exact) mass is 444 g/mol. The summed E-state index contributed by atoms with van der Waals surface area (Å²) in [4.78, 5) is 14.0. The number of benzene rings is 1. The summed E-state index contributed by atoms with van der Waals surface area (Å²) in [7, 11) is -3.95. The van der Waals surface area contributed by atoms with Crippen molar-refractivity contribution in [3.8, 4) is 0 Å². The molecular weight excluding hydrogens is 421 g/mol. The minimum atomic E-state index is -4.53. The van der Waals surface area contributed by atoms with Gasteiger partial charge in [-0.25, -0.2) is 8.42 Å². The van der Waals surface area contributed by atoms with Gasteiger partial charge in [-0.2, -0.15) is 22.6 Å². The zero-order valence-electron chi connectivity index (χ0n) is 16.8. The van der Waals surface area contributed by atoms with Gasteiger partial charge in [0.05, 0.1) is 10.5 Å². The van der Waals surface area contributed by atoms with Gasteiger partial charge in [0.2, 0.25) is 10.0 Å². The molecule has 1 amide bonds. The molecule has 1 fully saturated rings. The first kappa shape index (κ1) is 22.3. The van der Waals surface area contributed by atoms with E-state index in [-0.39, 0.29) is 48.1 Å². The van der Waals surface area contributed by atoms with Crippen molar-refractivity contribution in [2.24, 2.45) is 0 Å². The molecule has 0 bridgehead atoms. The first-order valence-corrected chi connectivity index (χ1v) is 10.8. The SMILES string of the molecule is CC(C)(C)c1cc(C(=O)N2CCN(S(=O)(=O)c3ccc(C(F)(F)F)cc3)CC2)n[nH]1. The lowest BCUT2D eigenvalue weighted by Gasteiger charge is -2.33. The Balaban J connectivity index is 1.67. The third kappa shape index (κ3) is 4.51. The van der Waals surface area contributed by atoms with Crippen LogP contribution in [0.25, 0.3) is 0 Å². The number of piperazine rings is 1. The van der Waals surface area contributed by atoms with E-state index in [1.807, 2.05) is 20.8 Å². The maximum Gasteiger partial charge on any atom is 0.416 e. The Labute approximate surface area is 172 Å². The smallest absolute Gasteiger partial charge is 0.335 e. The molecular formula is C19H23F3N4O3S. The Kier molecular flexibility index (Phi) is 5.72. The van der Waals surface area contributed by atoms with E-state index in [1.54, 1.807) is 6.07 Å². The molecule has 0 radical (unpaired) electrons. The second kappa shape index (κ2) is 7.69. The number of hydrogen-bond donors (Lipinski definition) is 1. The third-order valence-corrected chi connectivity index (χ3v) is 6.86. The maximum atomic E-state index is 12.7. The number of sulfonamides is 1. The van der Waals surface area contributed by atoms with Gasteiger partial charge in [0.15, 0.2) is 0 Å². The lowest BCUT2D eigenvalue weighted by molar-refractivity contribution is -0.137. The van der Waals surface area contributed by atoms with Crippen molar-refractivity contribution in [2.45, 2.75) is 37.3 Å². The predicted octanol–water partition coefficient (Wildman–Crippen LogP) is 2.87. The summed E-state index contributed by atoms with van der Waals surface area (Å²) in [5, 5.41) is 6.91. The highest BCUT2D eigenvalue weighted by Gasteiger charge is 2.33. The molecule has 0 unspecified atom stereocenters. The van der Waals surface area contributed by atoms with Crippen LogP contribution in [0.3, 0.4) is 0 Å². The van der Waals surface area contributed by atoms with Crippen molar-refractivity contribution in [1.29, 1.82) is 0 Å². The number of H-pyrrole nitrogens is 1. The van der Waals surface area contributed by atoms with Crippen LogP contribution in [0, 0.1) is 0 Å². The van der Waals surface area contributed by atoms with E-state index in [4.69, 9.17) is 0 Å². The Morgan fingerprint density at radius 3 is 2.07 bits per heavy atom. The second-order valence-electron chi connectivity index (χ2n) is 8.14. The summed E-state index contributed by atoms with van der Waals surface area (Å²) < 4.78 is 64.7. The molecule has 0 spiro atoms. The zero-order valence-corrected chi connectivity index (χ0v) is 17.6. The average Bonchev–Trinajstić information content (AvgIpc) is 3.18. The number of carbonyl (C=O) groups is 1. The summed E-state index contributed by atoms with van der Waals surface area (Å²) in [5.74, 6) is -0.298. The molecule has 11 heteroatoms. The number of aromatic amines is 1. The Morgan fingerprint density at radius 2 is 1.60 bits per heavy atom. The van der Waals surface area contributed by atoms with Crippen LogP contribution in [0.1, 0.15) is 42.5 Å². The fraction of sp³-hybridized carbons (Fsp3) is 0.474. The first-order chi connectivity index (χ1) is 13.8. The fourth-order valence-corrected chi connectivity index (χ4v) is 4.50. The van der Waals surface area contributed by atoms with Crippen LogP contribution in [0.4, 0.5) is 13.2 Å². The van der Waals surface area contributed by atoms with Gasteiger partial charge < -0.3 is 4.90 Å². The van der Waals surface area contributed by atoms with E-state index in [1.165, 1.54) is 9.21 Å². The quantitative estimate of drug-likeness (QED) is 0.789. The first-order valence-electron chi connectivity index (χ1n) is 9.33. The highest BCUT2D eigenvalue weighted by atomic mass is 32.2. The van der Waals surface area contributed by atoms with Gasteiger partial charge in [-0.1, -0.05) is 20.8 Å². The predicted molar refractivity (Wildman–Crippen MR) is 103 cm³/mol. The minimum absolute atomic E-state index is 0.0473. The molecule has 0 atom stereocenters. The van der Waals surface area contributed by atoms with Crippen molar-refractivity contribution in [3.05, 3.63) is 47.3 Å². The van der Waals surface area contributed by atoms with Crippen LogP contribution in [-0.2, 0) is 21.6 Å². The van der Waals surface area contributed by atoms with E-state index in [9.17, 15) is 26.4 Å². The molecule has 164 valence electrons. The fourth-order valence-electron chi connectivity index (χ4n) is 3.07. The Bertz CT molecular complexity index is 1020. The zero-order chi connectivity index (χ0) is 22.3. The number of amides is 1. The molecule has 1 aliphatic rings. The van der Waals surface area contributed by atoms with E-state index in [2.05, 4.69) is 10.2 Å². The van der Waals surface area contributed by atoms with Gasteiger partial charge in [-0.3, -0.25) is 9.89 Å². The molecule has 2 aromatic rings. The number of nitrogens with one attached hydrogen (secondary N) is 1. The molecule has 2 heterocycles. The van der Waals surface area contributed by atoms with Crippen LogP contribution < -0.4 is 0 Å². The lowest BCUT2D eigenvalue weighted by atomic mass is 9.92. The van der Waals surface area contributed by atoms with Crippen LogP contribution in [-0.4, -0.2) is 59.9 Å². The molecule has 1 saturated heterocycles. The van der Waals surface area contributed by atoms with Gasteiger partial charge in [0.1, 0.15) is 5.69 Å². The molecule has 1 N–H and O–H groups in total. The third-order valence-electron chi connectivity index (χ3n) is 4.95. The van der Waals surface area contributed by atoms with Crippen molar-refractivity contribution in [2.75, 3.05) is 26.2 Å². The van der Waals surface area contributed by atoms with Crippen LogP contribution >= 0.6 is 0 Å². The standard InChI is InChI=1S/C19H23F3N4O3S/c1-18(2,3)16-12-15(23-24-16)17(27)25-8-10-26(11-9-25)30(28,29)14-6-4-13(5-7-14)19(20,21)22/h4-7,12H,8-11H2,1-3H3,(H,23,24). The maximum absolute atomic E-state index is 12.7. The summed E-state index contributed by atoms with van der Waals surface area (Å²) >= 11 is 0. The van der Waals surface area contributed by atoms with Gasteiger partial charge in [0.25, 0.3) is 5.91 Å². The highest BCUT2D eigenvalue weighted by molar-refractivity contribution is 7.89.